The van der Waals surface area contributed by atoms with E-state index in [1.807, 2.05) is 48.5 Å². The minimum absolute atomic E-state index is 0.199. The first kappa shape index (κ1) is 19.3. The Morgan fingerprint density at radius 3 is 2.34 bits per heavy atom. The number of benzene rings is 2. The average Bonchev–Trinajstić information content (AvgIpc) is 3.29. The van der Waals surface area contributed by atoms with Crippen LogP contribution in [0.3, 0.4) is 0 Å². The van der Waals surface area contributed by atoms with Crippen LogP contribution in [0.2, 0.25) is 0 Å². The number of hydrogen-bond donors (Lipinski definition) is 0. The zero-order valence-corrected chi connectivity index (χ0v) is 16.5. The molecule has 0 spiro atoms. The summed E-state index contributed by atoms with van der Waals surface area (Å²) in [5.74, 6) is -0.856. The van der Waals surface area contributed by atoms with Crippen LogP contribution in [0.5, 0.6) is 0 Å². The number of esters is 1. The normalized spacial score (nSPS) is 15.0. The van der Waals surface area contributed by atoms with Gasteiger partial charge >= 0.3 is 5.97 Å². The van der Waals surface area contributed by atoms with Crippen molar-refractivity contribution in [3.8, 4) is 10.6 Å². The van der Waals surface area contributed by atoms with Crippen molar-refractivity contribution in [1.82, 2.24) is 9.88 Å². The molecule has 148 valence electrons. The Balaban J connectivity index is 1.55. The lowest BCUT2D eigenvalue weighted by Crippen LogP contribution is -2.44. The maximum atomic E-state index is 13.1. The van der Waals surface area contributed by atoms with E-state index in [4.69, 9.17) is 9.47 Å². The molecule has 0 saturated carbocycles. The van der Waals surface area contributed by atoms with Crippen LogP contribution >= 0.6 is 11.3 Å². The van der Waals surface area contributed by atoms with Crippen LogP contribution in [-0.2, 0) is 14.3 Å². The number of ether oxygens (including phenoxy) is 2. The molecule has 1 fully saturated rings. The van der Waals surface area contributed by atoms with E-state index >= 15 is 0 Å². The lowest BCUT2D eigenvalue weighted by Gasteiger charge is -2.30. The Labute approximate surface area is 172 Å². The van der Waals surface area contributed by atoms with Gasteiger partial charge < -0.3 is 14.4 Å². The minimum atomic E-state index is -1.01. The molecule has 1 aliphatic rings. The predicted octanol–water partition coefficient (Wildman–Crippen LogP) is 3.57. The Kier molecular flexibility index (Phi) is 5.97. The van der Waals surface area contributed by atoms with Gasteiger partial charge in [-0.05, 0) is 0 Å². The molecule has 6 nitrogen and oxygen atoms in total. The second-order valence-electron chi connectivity index (χ2n) is 6.54. The third-order valence-corrected chi connectivity index (χ3v) is 5.50. The van der Waals surface area contributed by atoms with Crippen molar-refractivity contribution in [2.24, 2.45) is 0 Å². The van der Waals surface area contributed by atoms with E-state index in [0.29, 0.717) is 31.9 Å². The third kappa shape index (κ3) is 4.52. The SMILES string of the molecule is O=C(OC(C(=O)N1CCOCC1)c1ccccc1)c1csc(-c2ccccc2)n1. The molecule has 0 bridgehead atoms. The summed E-state index contributed by atoms with van der Waals surface area (Å²) in [7, 11) is 0. The summed E-state index contributed by atoms with van der Waals surface area (Å²) in [6.45, 7) is 1.92. The average molecular weight is 408 g/mol. The molecule has 1 unspecified atom stereocenters. The molecule has 4 rings (SSSR count). The van der Waals surface area contributed by atoms with Crippen molar-refractivity contribution >= 4 is 23.2 Å². The zero-order chi connectivity index (χ0) is 20.1. The van der Waals surface area contributed by atoms with E-state index in [1.54, 1.807) is 22.4 Å². The number of morpholine rings is 1. The van der Waals surface area contributed by atoms with Gasteiger partial charge in [-0.3, -0.25) is 4.79 Å². The molecule has 1 aliphatic heterocycles. The number of amides is 1. The second kappa shape index (κ2) is 8.98. The van der Waals surface area contributed by atoms with Crippen molar-refractivity contribution in [1.29, 1.82) is 0 Å². The highest BCUT2D eigenvalue weighted by atomic mass is 32.1. The van der Waals surface area contributed by atoms with Gasteiger partial charge in [0.2, 0.25) is 6.10 Å². The van der Waals surface area contributed by atoms with Crippen LogP contribution in [0, 0.1) is 0 Å². The van der Waals surface area contributed by atoms with E-state index in [2.05, 4.69) is 4.98 Å². The van der Waals surface area contributed by atoms with Gasteiger partial charge in [-0.15, -0.1) is 11.3 Å². The quantitative estimate of drug-likeness (QED) is 0.604. The summed E-state index contributed by atoms with van der Waals surface area (Å²) >= 11 is 1.37. The maximum absolute atomic E-state index is 13.1. The molecule has 1 aromatic heterocycles. The van der Waals surface area contributed by atoms with Gasteiger partial charge in [-0.2, -0.15) is 0 Å². The molecule has 29 heavy (non-hydrogen) atoms. The molecular formula is C22H20N2O4S. The maximum Gasteiger partial charge on any atom is 0.358 e. The molecule has 2 aromatic carbocycles. The fourth-order valence-corrected chi connectivity index (χ4v) is 3.88. The summed E-state index contributed by atoms with van der Waals surface area (Å²) in [6, 6.07) is 18.7. The van der Waals surface area contributed by atoms with E-state index in [-0.39, 0.29) is 11.6 Å². The lowest BCUT2D eigenvalue weighted by atomic mass is 10.1. The Morgan fingerprint density at radius 2 is 1.66 bits per heavy atom. The Bertz CT molecular complexity index is 969. The molecule has 1 amide bonds. The number of aromatic nitrogens is 1. The molecule has 2 heterocycles. The van der Waals surface area contributed by atoms with Gasteiger partial charge in [-0.25, -0.2) is 9.78 Å². The standard InChI is InChI=1S/C22H20N2O4S/c25-21(24-11-13-27-14-12-24)19(16-7-3-1-4-8-16)28-22(26)18-15-29-20(23-18)17-9-5-2-6-10-17/h1-10,15,19H,11-14H2. The molecule has 0 aliphatic carbocycles. The number of thiazole rings is 1. The fraction of sp³-hybridized carbons (Fsp3) is 0.227. The van der Waals surface area contributed by atoms with Crippen molar-refractivity contribution < 1.29 is 19.1 Å². The van der Waals surface area contributed by atoms with Crippen LogP contribution in [-0.4, -0.2) is 48.1 Å². The second-order valence-corrected chi connectivity index (χ2v) is 7.40. The van der Waals surface area contributed by atoms with Crippen LogP contribution in [0.15, 0.2) is 66.0 Å². The summed E-state index contributed by atoms with van der Waals surface area (Å²) in [6.07, 6.45) is -1.01. The van der Waals surface area contributed by atoms with Gasteiger partial charge in [0.25, 0.3) is 5.91 Å². The highest BCUT2D eigenvalue weighted by Crippen LogP contribution is 2.26. The van der Waals surface area contributed by atoms with Crippen LogP contribution < -0.4 is 0 Å². The molecule has 1 atom stereocenters. The Hall–Kier alpha value is -3.03. The summed E-state index contributed by atoms with van der Waals surface area (Å²) < 4.78 is 11.0. The number of rotatable bonds is 5. The molecule has 0 N–H and O–H groups in total. The van der Waals surface area contributed by atoms with Crippen molar-refractivity contribution in [3.63, 3.8) is 0 Å². The van der Waals surface area contributed by atoms with Gasteiger partial charge in [0, 0.05) is 29.6 Å². The van der Waals surface area contributed by atoms with E-state index < -0.39 is 12.1 Å². The van der Waals surface area contributed by atoms with Crippen molar-refractivity contribution in [2.45, 2.75) is 6.10 Å². The van der Waals surface area contributed by atoms with Gasteiger partial charge in [0.15, 0.2) is 5.69 Å². The topological polar surface area (TPSA) is 68.7 Å². The first-order chi connectivity index (χ1) is 14.2. The van der Waals surface area contributed by atoms with Crippen LogP contribution in [0.1, 0.15) is 22.2 Å². The first-order valence-electron chi connectivity index (χ1n) is 9.36. The predicted molar refractivity (Wildman–Crippen MR) is 110 cm³/mol. The van der Waals surface area contributed by atoms with Gasteiger partial charge in [0.1, 0.15) is 5.01 Å². The molecule has 0 radical (unpaired) electrons. The van der Waals surface area contributed by atoms with Gasteiger partial charge in [0.05, 0.1) is 13.2 Å². The number of nitrogens with zero attached hydrogens (tertiary/aromatic N) is 2. The van der Waals surface area contributed by atoms with Crippen molar-refractivity contribution in [3.05, 3.63) is 77.3 Å². The van der Waals surface area contributed by atoms with E-state index in [9.17, 15) is 9.59 Å². The number of carbonyl (C=O) groups is 2. The monoisotopic (exact) mass is 408 g/mol. The first-order valence-corrected chi connectivity index (χ1v) is 10.2. The third-order valence-electron chi connectivity index (χ3n) is 4.61. The van der Waals surface area contributed by atoms with E-state index in [0.717, 1.165) is 10.6 Å². The molecule has 3 aromatic rings. The van der Waals surface area contributed by atoms with Crippen molar-refractivity contribution in [2.75, 3.05) is 26.3 Å². The summed E-state index contributed by atoms with van der Waals surface area (Å²) in [5.41, 5.74) is 1.76. The minimum Gasteiger partial charge on any atom is -0.443 e. The van der Waals surface area contributed by atoms with Crippen LogP contribution in [0.25, 0.3) is 10.6 Å². The largest absolute Gasteiger partial charge is 0.443 e. The van der Waals surface area contributed by atoms with Crippen LogP contribution in [0.4, 0.5) is 0 Å². The molecule has 1 saturated heterocycles. The molecule has 7 heteroatoms. The summed E-state index contributed by atoms with van der Waals surface area (Å²) in [4.78, 5) is 31.9. The highest BCUT2D eigenvalue weighted by Gasteiger charge is 2.31. The zero-order valence-electron chi connectivity index (χ0n) is 15.7. The number of hydrogen-bond acceptors (Lipinski definition) is 6. The fourth-order valence-electron chi connectivity index (χ4n) is 3.09. The number of carbonyl (C=O) groups excluding carboxylic acids is 2. The highest BCUT2D eigenvalue weighted by molar-refractivity contribution is 7.13. The van der Waals surface area contributed by atoms with Gasteiger partial charge in [-0.1, -0.05) is 60.7 Å². The molecular weight excluding hydrogens is 388 g/mol. The lowest BCUT2D eigenvalue weighted by molar-refractivity contribution is -0.145. The summed E-state index contributed by atoms with van der Waals surface area (Å²) in [5, 5.41) is 2.39. The van der Waals surface area contributed by atoms with E-state index in [1.165, 1.54) is 11.3 Å². The smallest absolute Gasteiger partial charge is 0.358 e. The Morgan fingerprint density at radius 1 is 1.00 bits per heavy atom.